The first-order valence-electron chi connectivity index (χ1n) is 9.22. The lowest BCUT2D eigenvalue weighted by Crippen LogP contribution is -2.53. The predicted octanol–water partition coefficient (Wildman–Crippen LogP) is 1.54. The molecule has 0 bridgehead atoms. The number of nitrogens with one attached hydrogen (secondary N) is 2. The van der Waals surface area contributed by atoms with E-state index in [1.165, 1.54) is 7.11 Å². The van der Waals surface area contributed by atoms with Crippen LogP contribution in [0.25, 0.3) is 10.9 Å². The number of methoxy groups -OCH3 is 1. The number of aliphatic hydroxyl groups is 1. The SMILES string of the molecule is COC(=O)c1[nH]c2ccc(Cl)cc2c1NC(=O)[C@H](C)N1CCN(CCO)CC1. The highest BCUT2D eigenvalue weighted by Crippen LogP contribution is 2.31. The number of fused-ring (bicyclic) bond motifs is 1. The van der Waals surface area contributed by atoms with Crippen LogP contribution in [0.2, 0.25) is 5.02 Å². The van der Waals surface area contributed by atoms with Crippen LogP contribution in [0.4, 0.5) is 5.69 Å². The van der Waals surface area contributed by atoms with Gasteiger partial charge in [0.25, 0.3) is 0 Å². The van der Waals surface area contributed by atoms with Crippen molar-refractivity contribution in [1.29, 1.82) is 0 Å². The van der Waals surface area contributed by atoms with Crippen molar-refractivity contribution < 1.29 is 19.4 Å². The van der Waals surface area contributed by atoms with Crippen molar-refractivity contribution in [1.82, 2.24) is 14.8 Å². The van der Waals surface area contributed by atoms with Crippen LogP contribution in [0, 0.1) is 0 Å². The monoisotopic (exact) mass is 408 g/mol. The number of halogens is 1. The van der Waals surface area contributed by atoms with Crippen molar-refractivity contribution in [2.24, 2.45) is 0 Å². The summed E-state index contributed by atoms with van der Waals surface area (Å²) in [5, 5.41) is 13.1. The van der Waals surface area contributed by atoms with Crippen molar-refractivity contribution in [3.8, 4) is 0 Å². The van der Waals surface area contributed by atoms with Gasteiger partial charge in [0.05, 0.1) is 25.4 Å². The van der Waals surface area contributed by atoms with E-state index in [2.05, 4.69) is 20.1 Å². The number of hydrogen-bond acceptors (Lipinski definition) is 6. The molecule has 2 heterocycles. The van der Waals surface area contributed by atoms with Crippen LogP contribution in [0.5, 0.6) is 0 Å². The molecule has 1 aliphatic rings. The quantitative estimate of drug-likeness (QED) is 0.627. The average Bonchev–Trinajstić information content (AvgIpc) is 3.05. The topological polar surface area (TPSA) is 97.9 Å². The largest absolute Gasteiger partial charge is 0.464 e. The molecule has 1 aromatic carbocycles. The number of carbonyl (C=O) groups is 2. The molecule has 1 aliphatic heterocycles. The first-order valence-corrected chi connectivity index (χ1v) is 9.60. The van der Waals surface area contributed by atoms with Crippen molar-refractivity contribution in [3.05, 3.63) is 28.9 Å². The highest BCUT2D eigenvalue weighted by Gasteiger charge is 2.28. The molecule has 8 nitrogen and oxygen atoms in total. The van der Waals surface area contributed by atoms with Crippen LogP contribution < -0.4 is 5.32 Å². The molecule has 0 aliphatic carbocycles. The van der Waals surface area contributed by atoms with Crippen LogP contribution in [0.1, 0.15) is 17.4 Å². The number of ether oxygens (including phenoxy) is 1. The molecule has 0 radical (unpaired) electrons. The van der Waals surface area contributed by atoms with Gasteiger partial charge in [-0.3, -0.25) is 14.6 Å². The van der Waals surface area contributed by atoms with Gasteiger partial charge >= 0.3 is 5.97 Å². The third-order valence-electron chi connectivity index (χ3n) is 5.15. The highest BCUT2D eigenvalue weighted by molar-refractivity contribution is 6.31. The molecule has 3 rings (SSSR count). The van der Waals surface area contributed by atoms with Gasteiger partial charge in [-0.1, -0.05) is 11.6 Å². The van der Waals surface area contributed by atoms with Crippen molar-refractivity contribution in [2.75, 3.05) is 51.8 Å². The summed E-state index contributed by atoms with van der Waals surface area (Å²) in [6.07, 6.45) is 0. The van der Waals surface area contributed by atoms with Crippen LogP contribution >= 0.6 is 11.6 Å². The number of piperazine rings is 1. The van der Waals surface area contributed by atoms with E-state index in [-0.39, 0.29) is 24.2 Å². The first-order chi connectivity index (χ1) is 13.4. The van der Waals surface area contributed by atoms with E-state index in [0.29, 0.717) is 28.2 Å². The summed E-state index contributed by atoms with van der Waals surface area (Å²) >= 11 is 6.10. The molecule has 1 aromatic heterocycles. The standard InChI is InChI=1S/C19H25ClN4O4/c1-12(24-7-5-23(6-8-24)9-10-25)18(26)22-16-14-11-13(20)3-4-15(14)21-17(16)19(27)28-2/h3-4,11-12,21,25H,5-10H2,1-2H3,(H,22,26)/t12-/m0/s1. The Balaban J connectivity index is 1.78. The number of hydrogen-bond donors (Lipinski definition) is 3. The second kappa shape index (κ2) is 8.91. The van der Waals surface area contributed by atoms with Crippen LogP contribution in [0.15, 0.2) is 18.2 Å². The number of anilines is 1. The molecule has 2 aromatic rings. The Morgan fingerprint density at radius 3 is 2.68 bits per heavy atom. The van der Waals surface area contributed by atoms with Crippen LogP contribution in [-0.2, 0) is 9.53 Å². The second-order valence-corrected chi connectivity index (χ2v) is 7.26. The predicted molar refractivity (Wildman–Crippen MR) is 108 cm³/mol. The molecule has 0 unspecified atom stereocenters. The van der Waals surface area contributed by atoms with Gasteiger partial charge in [-0.05, 0) is 25.1 Å². The molecule has 1 atom stereocenters. The van der Waals surface area contributed by atoms with Gasteiger partial charge < -0.3 is 20.1 Å². The molecule has 9 heteroatoms. The maximum atomic E-state index is 12.9. The van der Waals surface area contributed by atoms with Gasteiger partial charge in [-0.2, -0.15) is 0 Å². The number of aliphatic hydroxyl groups excluding tert-OH is 1. The van der Waals surface area contributed by atoms with Crippen molar-refractivity contribution in [3.63, 3.8) is 0 Å². The van der Waals surface area contributed by atoms with Crippen molar-refractivity contribution >= 4 is 40.1 Å². The number of rotatable bonds is 6. The molecule has 1 fully saturated rings. The zero-order chi connectivity index (χ0) is 20.3. The molecule has 152 valence electrons. The molecule has 1 saturated heterocycles. The number of β-amino-alcohol motifs (C(OH)–C–C–N with tert-alkyl or cyclic N) is 1. The lowest BCUT2D eigenvalue weighted by Gasteiger charge is -2.37. The summed E-state index contributed by atoms with van der Waals surface area (Å²) < 4.78 is 4.84. The zero-order valence-corrected chi connectivity index (χ0v) is 16.8. The van der Waals surface area contributed by atoms with E-state index in [4.69, 9.17) is 21.4 Å². The van der Waals surface area contributed by atoms with Gasteiger partial charge in [0, 0.05) is 48.6 Å². The molecule has 1 amide bonds. The van der Waals surface area contributed by atoms with E-state index in [1.54, 1.807) is 18.2 Å². The first kappa shape index (κ1) is 20.6. The number of benzene rings is 1. The Labute approximate surface area is 168 Å². The van der Waals surface area contributed by atoms with E-state index in [0.717, 1.165) is 26.2 Å². The number of carbonyl (C=O) groups excluding carboxylic acids is 2. The highest BCUT2D eigenvalue weighted by atomic mass is 35.5. The molecule has 28 heavy (non-hydrogen) atoms. The third-order valence-corrected chi connectivity index (χ3v) is 5.38. The summed E-state index contributed by atoms with van der Waals surface area (Å²) in [4.78, 5) is 32.3. The van der Waals surface area contributed by atoms with Gasteiger partial charge in [0.2, 0.25) is 5.91 Å². The normalized spacial score (nSPS) is 16.9. The summed E-state index contributed by atoms with van der Waals surface area (Å²) in [6, 6.07) is 4.80. The zero-order valence-electron chi connectivity index (χ0n) is 16.0. The Kier molecular flexibility index (Phi) is 6.56. The van der Waals surface area contributed by atoms with Gasteiger partial charge in [0.1, 0.15) is 5.69 Å². The van der Waals surface area contributed by atoms with E-state index in [1.807, 2.05) is 6.92 Å². The minimum Gasteiger partial charge on any atom is -0.464 e. The van der Waals surface area contributed by atoms with E-state index < -0.39 is 5.97 Å². The summed E-state index contributed by atoms with van der Waals surface area (Å²) in [7, 11) is 1.29. The Bertz CT molecular complexity index is 861. The number of aromatic nitrogens is 1. The van der Waals surface area contributed by atoms with E-state index >= 15 is 0 Å². The average molecular weight is 409 g/mol. The fourth-order valence-corrected chi connectivity index (χ4v) is 3.63. The smallest absolute Gasteiger partial charge is 0.356 e. The maximum absolute atomic E-state index is 12.9. The fourth-order valence-electron chi connectivity index (χ4n) is 3.46. The third kappa shape index (κ3) is 4.30. The van der Waals surface area contributed by atoms with Gasteiger partial charge in [-0.15, -0.1) is 0 Å². The summed E-state index contributed by atoms with van der Waals surface area (Å²) in [6.45, 7) is 5.69. The lowest BCUT2D eigenvalue weighted by atomic mass is 10.2. The summed E-state index contributed by atoms with van der Waals surface area (Å²) in [5.74, 6) is -0.769. The molecular formula is C19H25ClN4O4. The van der Waals surface area contributed by atoms with Gasteiger partial charge in [0.15, 0.2) is 0 Å². The van der Waals surface area contributed by atoms with Crippen LogP contribution in [0.3, 0.4) is 0 Å². The number of H-pyrrole nitrogens is 1. The van der Waals surface area contributed by atoms with Crippen molar-refractivity contribution in [2.45, 2.75) is 13.0 Å². The Hall–Kier alpha value is -2.13. The molecular weight excluding hydrogens is 384 g/mol. The summed E-state index contributed by atoms with van der Waals surface area (Å²) in [5.41, 5.74) is 1.25. The number of esters is 1. The van der Waals surface area contributed by atoms with Crippen LogP contribution in [-0.4, -0.2) is 84.2 Å². The fraction of sp³-hybridized carbons (Fsp3) is 0.474. The molecule has 3 N–H and O–H groups in total. The number of amides is 1. The molecule has 0 saturated carbocycles. The maximum Gasteiger partial charge on any atom is 0.356 e. The lowest BCUT2D eigenvalue weighted by molar-refractivity contribution is -0.121. The minimum atomic E-state index is -0.562. The minimum absolute atomic E-state index is 0.134. The Morgan fingerprint density at radius 2 is 2.04 bits per heavy atom. The van der Waals surface area contributed by atoms with Gasteiger partial charge in [-0.25, -0.2) is 4.79 Å². The second-order valence-electron chi connectivity index (χ2n) is 6.82. The number of nitrogens with zero attached hydrogens (tertiary/aromatic N) is 2. The molecule has 0 spiro atoms. The Morgan fingerprint density at radius 1 is 1.32 bits per heavy atom. The van der Waals surface area contributed by atoms with E-state index in [9.17, 15) is 9.59 Å². The number of aromatic amines is 1.